The van der Waals surface area contributed by atoms with Gasteiger partial charge in [0.05, 0.1) is 15.9 Å². The van der Waals surface area contributed by atoms with Crippen molar-refractivity contribution >= 4 is 38.3 Å². The van der Waals surface area contributed by atoms with Gasteiger partial charge in [-0.3, -0.25) is 10.1 Å². The van der Waals surface area contributed by atoms with Crippen molar-refractivity contribution in [3.8, 4) is 17.1 Å². The van der Waals surface area contributed by atoms with Crippen LogP contribution in [0.2, 0.25) is 0 Å². The number of amides is 1. The van der Waals surface area contributed by atoms with Gasteiger partial charge in [0.15, 0.2) is 11.2 Å². The van der Waals surface area contributed by atoms with Crippen LogP contribution in [-0.4, -0.2) is 22.0 Å². The molecule has 3 aromatic rings. The summed E-state index contributed by atoms with van der Waals surface area (Å²) in [6.07, 6.45) is 1.20. The Morgan fingerprint density at radius 1 is 1.42 bits per heavy atom. The SMILES string of the molecule is Cc1ccc(OC(C)C(=O)Nc2nc(-c3ccc[nH]3)cs2)c(Br)c1. The van der Waals surface area contributed by atoms with Crippen LogP contribution in [-0.2, 0) is 4.79 Å². The normalized spacial score (nSPS) is 12.0. The van der Waals surface area contributed by atoms with Crippen molar-refractivity contribution in [3.63, 3.8) is 0 Å². The molecule has 7 heteroatoms. The fourth-order valence-corrected chi connectivity index (χ4v) is 3.40. The van der Waals surface area contributed by atoms with Crippen molar-refractivity contribution in [2.24, 2.45) is 0 Å². The first-order chi connectivity index (χ1) is 11.5. The number of aromatic amines is 1. The summed E-state index contributed by atoms with van der Waals surface area (Å²) in [5, 5.41) is 5.23. The molecule has 1 atom stereocenters. The summed E-state index contributed by atoms with van der Waals surface area (Å²) < 4.78 is 6.55. The second kappa shape index (κ2) is 7.19. The number of thiazole rings is 1. The maximum Gasteiger partial charge on any atom is 0.266 e. The quantitative estimate of drug-likeness (QED) is 0.650. The van der Waals surface area contributed by atoms with Crippen LogP contribution in [0.3, 0.4) is 0 Å². The van der Waals surface area contributed by atoms with Gasteiger partial charge in [0.25, 0.3) is 5.91 Å². The van der Waals surface area contributed by atoms with Gasteiger partial charge < -0.3 is 9.72 Å². The predicted molar refractivity (Wildman–Crippen MR) is 99.5 cm³/mol. The van der Waals surface area contributed by atoms with E-state index in [9.17, 15) is 4.79 Å². The minimum atomic E-state index is -0.637. The van der Waals surface area contributed by atoms with E-state index in [1.807, 2.05) is 48.8 Å². The van der Waals surface area contributed by atoms with Crippen molar-refractivity contribution in [2.75, 3.05) is 5.32 Å². The first-order valence-corrected chi connectivity index (χ1v) is 9.03. The van der Waals surface area contributed by atoms with E-state index in [-0.39, 0.29) is 5.91 Å². The Kier molecular flexibility index (Phi) is 5.01. The third-order valence-corrected chi connectivity index (χ3v) is 4.75. The molecular formula is C17H16BrN3O2S. The number of ether oxygens (including phenoxy) is 1. The maximum atomic E-state index is 12.3. The fourth-order valence-electron chi connectivity index (χ4n) is 2.10. The Morgan fingerprint density at radius 3 is 2.96 bits per heavy atom. The molecule has 1 aromatic carbocycles. The number of H-pyrrole nitrogens is 1. The van der Waals surface area contributed by atoms with Crippen LogP contribution in [0.4, 0.5) is 5.13 Å². The van der Waals surface area contributed by atoms with E-state index < -0.39 is 6.10 Å². The van der Waals surface area contributed by atoms with E-state index in [1.54, 1.807) is 6.92 Å². The smallest absolute Gasteiger partial charge is 0.266 e. The molecular weight excluding hydrogens is 390 g/mol. The number of carbonyl (C=O) groups is 1. The molecule has 0 bridgehead atoms. The number of aromatic nitrogens is 2. The van der Waals surface area contributed by atoms with Crippen LogP contribution in [0, 0.1) is 6.92 Å². The van der Waals surface area contributed by atoms with E-state index in [1.165, 1.54) is 11.3 Å². The Hall–Kier alpha value is -2.12. The molecule has 0 aliphatic carbocycles. The van der Waals surface area contributed by atoms with Crippen LogP contribution >= 0.6 is 27.3 Å². The number of carbonyl (C=O) groups excluding carboxylic acids is 1. The van der Waals surface area contributed by atoms with Crippen LogP contribution in [0.25, 0.3) is 11.4 Å². The minimum Gasteiger partial charge on any atom is -0.480 e. The Labute approximate surface area is 152 Å². The average molecular weight is 406 g/mol. The summed E-state index contributed by atoms with van der Waals surface area (Å²) in [6.45, 7) is 3.70. The summed E-state index contributed by atoms with van der Waals surface area (Å²) in [4.78, 5) is 19.8. The standard InChI is InChI=1S/C17H16BrN3O2S/c1-10-5-6-15(12(18)8-10)23-11(2)16(22)21-17-20-14(9-24-17)13-4-3-7-19-13/h3-9,11,19H,1-2H3,(H,20,21,22). The Balaban J connectivity index is 1.64. The third kappa shape index (κ3) is 3.85. The van der Waals surface area contributed by atoms with Gasteiger partial charge in [-0.25, -0.2) is 4.98 Å². The van der Waals surface area contributed by atoms with Gasteiger partial charge in [-0.15, -0.1) is 11.3 Å². The van der Waals surface area contributed by atoms with Crippen molar-refractivity contribution in [1.29, 1.82) is 0 Å². The number of nitrogens with one attached hydrogen (secondary N) is 2. The van der Waals surface area contributed by atoms with Gasteiger partial charge in [0.2, 0.25) is 0 Å². The van der Waals surface area contributed by atoms with Crippen molar-refractivity contribution in [2.45, 2.75) is 20.0 Å². The molecule has 0 aliphatic rings. The molecule has 2 heterocycles. The zero-order chi connectivity index (χ0) is 17.1. The number of rotatable bonds is 5. The maximum absolute atomic E-state index is 12.3. The molecule has 0 saturated heterocycles. The molecule has 124 valence electrons. The number of hydrogen-bond acceptors (Lipinski definition) is 4. The molecule has 2 N–H and O–H groups in total. The molecule has 1 unspecified atom stereocenters. The van der Waals surface area contributed by atoms with Gasteiger partial charge in [-0.2, -0.15) is 0 Å². The third-order valence-electron chi connectivity index (χ3n) is 3.37. The van der Waals surface area contributed by atoms with E-state index in [4.69, 9.17) is 4.74 Å². The molecule has 1 amide bonds. The first kappa shape index (κ1) is 16.7. The van der Waals surface area contributed by atoms with Gasteiger partial charge in [0, 0.05) is 11.6 Å². The molecule has 5 nitrogen and oxygen atoms in total. The zero-order valence-electron chi connectivity index (χ0n) is 13.2. The van der Waals surface area contributed by atoms with Crippen LogP contribution < -0.4 is 10.1 Å². The number of halogens is 1. The fraction of sp³-hybridized carbons (Fsp3) is 0.176. The lowest BCUT2D eigenvalue weighted by Gasteiger charge is -2.15. The predicted octanol–water partition coefficient (Wildman–Crippen LogP) is 4.62. The van der Waals surface area contributed by atoms with Crippen molar-refractivity contribution < 1.29 is 9.53 Å². The Morgan fingerprint density at radius 2 is 2.25 bits per heavy atom. The van der Waals surface area contributed by atoms with E-state index in [2.05, 4.69) is 31.2 Å². The van der Waals surface area contributed by atoms with Crippen LogP contribution in [0.1, 0.15) is 12.5 Å². The summed E-state index contributed by atoms with van der Waals surface area (Å²) >= 11 is 4.82. The molecule has 3 rings (SSSR count). The summed E-state index contributed by atoms with van der Waals surface area (Å²) in [7, 11) is 0. The van der Waals surface area contributed by atoms with E-state index in [0.717, 1.165) is 21.4 Å². The molecule has 0 spiro atoms. The second-order valence-electron chi connectivity index (χ2n) is 5.30. The summed E-state index contributed by atoms with van der Waals surface area (Å²) in [6, 6.07) is 9.57. The largest absolute Gasteiger partial charge is 0.480 e. The lowest BCUT2D eigenvalue weighted by Crippen LogP contribution is -2.30. The number of hydrogen-bond donors (Lipinski definition) is 2. The summed E-state index contributed by atoms with van der Waals surface area (Å²) in [5.41, 5.74) is 2.83. The number of benzene rings is 1. The topological polar surface area (TPSA) is 67.0 Å². The number of aryl methyl sites for hydroxylation is 1. The van der Waals surface area contributed by atoms with Gasteiger partial charge >= 0.3 is 0 Å². The molecule has 0 saturated carbocycles. The monoisotopic (exact) mass is 405 g/mol. The Bertz CT molecular complexity index is 845. The first-order valence-electron chi connectivity index (χ1n) is 7.36. The van der Waals surface area contributed by atoms with Gasteiger partial charge in [-0.1, -0.05) is 6.07 Å². The highest BCUT2D eigenvalue weighted by Crippen LogP contribution is 2.27. The lowest BCUT2D eigenvalue weighted by atomic mass is 10.2. The highest BCUT2D eigenvalue weighted by atomic mass is 79.9. The molecule has 0 aliphatic heterocycles. The van der Waals surface area contributed by atoms with E-state index in [0.29, 0.717) is 10.9 Å². The lowest BCUT2D eigenvalue weighted by molar-refractivity contribution is -0.122. The summed E-state index contributed by atoms with van der Waals surface area (Å²) in [5.74, 6) is 0.393. The van der Waals surface area contributed by atoms with E-state index >= 15 is 0 Å². The van der Waals surface area contributed by atoms with Crippen molar-refractivity contribution in [1.82, 2.24) is 9.97 Å². The van der Waals surface area contributed by atoms with Gasteiger partial charge in [0.1, 0.15) is 5.75 Å². The highest BCUT2D eigenvalue weighted by Gasteiger charge is 2.18. The minimum absolute atomic E-state index is 0.241. The molecule has 0 fully saturated rings. The highest BCUT2D eigenvalue weighted by molar-refractivity contribution is 9.10. The molecule has 0 radical (unpaired) electrons. The van der Waals surface area contributed by atoms with Crippen LogP contribution in [0.5, 0.6) is 5.75 Å². The van der Waals surface area contributed by atoms with Crippen LogP contribution in [0.15, 0.2) is 46.4 Å². The van der Waals surface area contributed by atoms with Crippen molar-refractivity contribution in [3.05, 3.63) is 51.9 Å². The van der Waals surface area contributed by atoms with Gasteiger partial charge in [-0.05, 0) is 59.6 Å². The molecule has 2 aromatic heterocycles. The number of nitrogens with zero attached hydrogens (tertiary/aromatic N) is 1. The molecule has 24 heavy (non-hydrogen) atoms. The number of anilines is 1. The zero-order valence-corrected chi connectivity index (χ0v) is 15.6. The second-order valence-corrected chi connectivity index (χ2v) is 7.02. The average Bonchev–Trinajstić information content (AvgIpc) is 3.20.